The first-order chi connectivity index (χ1) is 10.0. The highest BCUT2D eigenvalue weighted by molar-refractivity contribution is 7.12. The van der Waals surface area contributed by atoms with Crippen LogP contribution in [0.4, 0.5) is 11.4 Å². The zero-order chi connectivity index (χ0) is 15.0. The summed E-state index contributed by atoms with van der Waals surface area (Å²) >= 11 is 1.84. The summed E-state index contributed by atoms with van der Waals surface area (Å²) in [6, 6.07) is 8.54. The average molecular weight is 300 g/mol. The van der Waals surface area contributed by atoms with Crippen molar-refractivity contribution in [3.63, 3.8) is 0 Å². The van der Waals surface area contributed by atoms with Crippen molar-refractivity contribution in [1.29, 1.82) is 0 Å². The quantitative estimate of drug-likeness (QED) is 0.933. The van der Waals surface area contributed by atoms with E-state index in [1.54, 1.807) is 6.92 Å². The van der Waals surface area contributed by atoms with Crippen LogP contribution >= 0.6 is 11.3 Å². The SMILES string of the molecule is CC(=O)N1CCc2cc(NCc3cc(C)sc3C)ccc21. The third kappa shape index (κ3) is 2.81. The van der Waals surface area contributed by atoms with Crippen molar-refractivity contribution in [2.24, 2.45) is 0 Å². The maximum Gasteiger partial charge on any atom is 0.223 e. The number of anilines is 2. The molecule has 0 bridgehead atoms. The number of hydrogen-bond donors (Lipinski definition) is 1. The van der Waals surface area contributed by atoms with Crippen molar-refractivity contribution >= 4 is 28.6 Å². The van der Waals surface area contributed by atoms with Gasteiger partial charge in [-0.1, -0.05) is 0 Å². The topological polar surface area (TPSA) is 32.3 Å². The van der Waals surface area contributed by atoms with Crippen molar-refractivity contribution < 1.29 is 4.79 Å². The molecule has 1 aromatic carbocycles. The zero-order valence-corrected chi connectivity index (χ0v) is 13.5. The summed E-state index contributed by atoms with van der Waals surface area (Å²) in [5, 5.41) is 3.49. The smallest absolute Gasteiger partial charge is 0.223 e. The van der Waals surface area contributed by atoms with Gasteiger partial charge in [-0.15, -0.1) is 11.3 Å². The molecule has 0 saturated carbocycles. The molecule has 0 fully saturated rings. The molecule has 0 atom stereocenters. The predicted molar refractivity (Wildman–Crippen MR) is 89.3 cm³/mol. The van der Waals surface area contributed by atoms with Gasteiger partial charge in [0, 0.05) is 41.1 Å². The van der Waals surface area contributed by atoms with Crippen LogP contribution in [0.15, 0.2) is 24.3 Å². The van der Waals surface area contributed by atoms with Crippen LogP contribution in [-0.4, -0.2) is 12.5 Å². The molecule has 4 heteroatoms. The van der Waals surface area contributed by atoms with E-state index in [9.17, 15) is 4.79 Å². The number of hydrogen-bond acceptors (Lipinski definition) is 3. The average Bonchev–Trinajstić information content (AvgIpc) is 2.99. The Morgan fingerprint density at radius 3 is 2.81 bits per heavy atom. The van der Waals surface area contributed by atoms with Crippen molar-refractivity contribution in [3.8, 4) is 0 Å². The standard InChI is InChI=1S/C17H20N2OS/c1-11-8-15(12(2)21-11)10-18-16-4-5-17-14(9-16)6-7-19(17)13(3)20/h4-5,8-9,18H,6-7,10H2,1-3H3. The molecule has 1 aliphatic rings. The number of nitrogens with zero attached hydrogens (tertiary/aromatic N) is 1. The summed E-state index contributed by atoms with van der Waals surface area (Å²) in [5.41, 5.74) is 4.81. The number of benzene rings is 1. The molecule has 110 valence electrons. The molecule has 0 spiro atoms. The summed E-state index contributed by atoms with van der Waals surface area (Å²) in [6.07, 6.45) is 0.945. The normalized spacial score (nSPS) is 13.4. The number of thiophene rings is 1. The monoisotopic (exact) mass is 300 g/mol. The molecule has 1 aliphatic heterocycles. The van der Waals surface area contributed by atoms with Crippen LogP contribution in [0.3, 0.4) is 0 Å². The minimum absolute atomic E-state index is 0.124. The number of aryl methyl sites for hydroxylation is 2. The van der Waals surface area contributed by atoms with Crippen LogP contribution in [0.25, 0.3) is 0 Å². The van der Waals surface area contributed by atoms with Gasteiger partial charge in [-0.2, -0.15) is 0 Å². The van der Waals surface area contributed by atoms with Crippen molar-refractivity contribution in [2.45, 2.75) is 33.7 Å². The molecule has 3 rings (SSSR count). The van der Waals surface area contributed by atoms with Crippen LogP contribution in [0.1, 0.15) is 27.8 Å². The molecule has 3 nitrogen and oxygen atoms in total. The molecule has 0 radical (unpaired) electrons. The van der Waals surface area contributed by atoms with Crippen LogP contribution in [0.2, 0.25) is 0 Å². The van der Waals surface area contributed by atoms with Gasteiger partial charge in [0.1, 0.15) is 0 Å². The van der Waals surface area contributed by atoms with Crippen LogP contribution < -0.4 is 10.2 Å². The third-order valence-corrected chi connectivity index (χ3v) is 4.99. The molecule has 0 aliphatic carbocycles. The Labute approximate surface area is 129 Å². The van der Waals surface area contributed by atoms with E-state index in [1.807, 2.05) is 16.2 Å². The van der Waals surface area contributed by atoms with Gasteiger partial charge >= 0.3 is 0 Å². The lowest BCUT2D eigenvalue weighted by molar-refractivity contribution is -0.116. The van der Waals surface area contributed by atoms with Gasteiger partial charge in [-0.25, -0.2) is 0 Å². The van der Waals surface area contributed by atoms with E-state index < -0.39 is 0 Å². The summed E-state index contributed by atoms with van der Waals surface area (Å²) in [5.74, 6) is 0.124. The summed E-state index contributed by atoms with van der Waals surface area (Å²) in [6.45, 7) is 7.60. The fraction of sp³-hybridized carbons (Fsp3) is 0.353. The van der Waals surface area contributed by atoms with E-state index in [0.29, 0.717) is 0 Å². The Bertz CT molecular complexity index is 690. The highest BCUT2D eigenvalue weighted by Gasteiger charge is 2.21. The minimum atomic E-state index is 0.124. The maximum absolute atomic E-state index is 11.6. The zero-order valence-electron chi connectivity index (χ0n) is 12.7. The van der Waals surface area contributed by atoms with E-state index in [-0.39, 0.29) is 5.91 Å². The molecule has 21 heavy (non-hydrogen) atoms. The molecular weight excluding hydrogens is 280 g/mol. The molecular formula is C17H20N2OS. The first kappa shape index (κ1) is 14.1. The van der Waals surface area contributed by atoms with Crippen LogP contribution in [0.5, 0.6) is 0 Å². The molecule has 2 heterocycles. The number of carbonyl (C=O) groups is 1. The van der Waals surface area contributed by atoms with Gasteiger partial charge in [-0.05, 0) is 55.7 Å². The summed E-state index contributed by atoms with van der Waals surface area (Å²) in [4.78, 5) is 16.1. The van der Waals surface area contributed by atoms with Gasteiger partial charge in [0.2, 0.25) is 5.91 Å². The second-order valence-corrected chi connectivity index (χ2v) is 7.02. The van der Waals surface area contributed by atoms with E-state index in [2.05, 4.69) is 43.4 Å². The van der Waals surface area contributed by atoms with Crippen LogP contribution in [0, 0.1) is 13.8 Å². The number of fused-ring (bicyclic) bond motifs is 1. The Morgan fingerprint density at radius 1 is 1.33 bits per heavy atom. The summed E-state index contributed by atoms with van der Waals surface area (Å²) in [7, 11) is 0. The van der Waals surface area contributed by atoms with Crippen LogP contribution in [-0.2, 0) is 17.8 Å². The lowest BCUT2D eigenvalue weighted by atomic mass is 10.1. The maximum atomic E-state index is 11.6. The Morgan fingerprint density at radius 2 is 2.14 bits per heavy atom. The van der Waals surface area contributed by atoms with E-state index in [0.717, 1.165) is 30.9 Å². The van der Waals surface area contributed by atoms with Crippen molar-refractivity contribution in [2.75, 3.05) is 16.8 Å². The molecule has 2 aromatic rings. The van der Waals surface area contributed by atoms with Gasteiger partial charge < -0.3 is 10.2 Å². The highest BCUT2D eigenvalue weighted by atomic mass is 32.1. The molecule has 0 saturated heterocycles. The molecule has 1 N–H and O–H groups in total. The Balaban J connectivity index is 1.73. The lowest BCUT2D eigenvalue weighted by Gasteiger charge is -2.15. The fourth-order valence-corrected chi connectivity index (χ4v) is 3.84. The first-order valence-corrected chi connectivity index (χ1v) is 8.07. The third-order valence-electron chi connectivity index (χ3n) is 3.98. The molecule has 0 unspecified atom stereocenters. The number of nitrogens with one attached hydrogen (secondary N) is 1. The number of rotatable bonds is 3. The second-order valence-electron chi connectivity index (χ2n) is 5.56. The van der Waals surface area contributed by atoms with E-state index >= 15 is 0 Å². The molecule has 1 amide bonds. The predicted octanol–water partition coefficient (Wildman–Crippen LogP) is 3.89. The summed E-state index contributed by atoms with van der Waals surface area (Å²) < 4.78 is 0. The van der Waals surface area contributed by atoms with Gasteiger partial charge in [-0.3, -0.25) is 4.79 Å². The van der Waals surface area contributed by atoms with Gasteiger partial charge in [0.15, 0.2) is 0 Å². The molecule has 1 aromatic heterocycles. The lowest BCUT2D eigenvalue weighted by Crippen LogP contribution is -2.25. The number of amides is 1. The van der Waals surface area contributed by atoms with Crippen molar-refractivity contribution in [3.05, 3.63) is 45.1 Å². The van der Waals surface area contributed by atoms with Gasteiger partial charge in [0.05, 0.1) is 0 Å². The Hall–Kier alpha value is -1.81. The highest BCUT2D eigenvalue weighted by Crippen LogP contribution is 2.31. The largest absolute Gasteiger partial charge is 0.381 e. The fourth-order valence-electron chi connectivity index (χ4n) is 2.90. The van der Waals surface area contributed by atoms with E-state index in [1.165, 1.54) is 20.9 Å². The minimum Gasteiger partial charge on any atom is -0.381 e. The van der Waals surface area contributed by atoms with E-state index in [4.69, 9.17) is 0 Å². The van der Waals surface area contributed by atoms with Gasteiger partial charge in [0.25, 0.3) is 0 Å². The second kappa shape index (κ2) is 5.53. The van der Waals surface area contributed by atoms with Crippen molar-refractivity contribution in [1.82, 2.24) is 0 Å². The first-order valence-electron chi connectivity index (χ1n) is 7.25. The number of carbonyl (C=O) groups excluding carboxylic acids is 1. The Kier molecular flexibility index (Phi) is 3.72.